The highest BCUT2D eigenvalue weighted by molar-refractivity contribution is 5.70. The molecule has 120 valence electrons. The summed E-state index contributed by atoms with van der Waals surface area (Å²) >= 11 is 0. The molecule has 1 N–H and O–H groups in total. The lowest BCUT2D eigenvalue weighted by Gasteiger charge is -2.26. The van der Waals surface area contributed by atoms with Crippen molar-refractivity contribution in [2.75, 3.05) is 19.7 Å². The highest BCUT2D eigenvalue weighted by atomic mass is 16.8. The van der Waals surface area contributed by atoms with Gasteiger partial charge in [0.2, 0.25) is 5.28 Å². The lowest BCUT2D eigenvalue weighted by atomic mass is 10.00. The molecule has 1 aliphatic heterocycles. The van der Waals surface area contributed by atoms with E-state index in [2.05, 4.69) is 14.8 Å². The Morgan fingerprint density at radius 1 is 1.57 bits per heavy atom. The SMILES string of the molecule is CCOC(=O)OC(C)ON=[N+]([O-])N1CCCC(C(=O)O)C1. The lowest BCUT2D eigenvalue weighted by molar-refractivity contribution is -0.715. The van der Waals surface area contributed by atoms with Crippen LogP contribution in [0.25, 0.3) is 0 Å². The Morgan fingerprint density at radius 2 is 2.29 bits per heavy atom. The molecule has 0 spiro atoms. The summed E-state index contributed by atoms with van der Waals surface area (Å²) < 4.78 is 9.16. The zero-order chi connectivity index (χ0) is 15.8. The van der Waals surface area contributed by atoms with Crippen molar-refractivity contribution in [2.45, 2.75) is 33.0 Å². The summed E-state index contributed by atoms with van der Waals surface area (Å²) in [4.78, 5) is 26.7. The van der Waals surface area contributed by atoms with E-state index >= 15 is 0 Å². The van der Waals surface area contributed by atoms with Crippen LogP contribution in [-0.4, -0.2) is 53.2 Å². The summed E-state index contributed by atoms with van der Waals surface area (Å²) in [7, 11) is 0. The Bertz CT molecular complexity index is 401. The first kappa shape index (κ1) is 16.8. The molecular formula is C11H19N3O7. The van der Waals surface area contributed by atoms with Gasteiger partial charge >= 0.3 is 12.1 Å². The first-order chi connectivity index (χ1) is 9.93. The number of hydrazine groups is 1. The summed E-state index contributed by atoms with van der Waals surface area (Å²) in [5, 5.41) is 25.0. The van der Waals surface area contributed by atoms with Crippen molar-refractivity contribution in [3.8, 4) is 0 Å². The number of ether oxygens (including phenoxy) is 2. The number of hydrogen-bond acceptors (Lipinski definition) is 7. The highest BCUT2D eigenvalue weighted by Crippen LogP contribution is 2.16. The van der Waals surface area contributed by atoms with Crippen molar-refractivity contribution >= 4 is 12.1 Å². The second-order valence-corrected chi connectivity index (χ2v) is 4.40. The van der Waals surface area contributed by atoms with E-state index in [-0.39, 0.29) is 18.1 Å². The van der Waals surface area contributed by atoms with Gasteiger partial charge in [0.25, 0.3) is 6.29 Å². The number of hydrogen-bond donors (Lipinski definition) is 1. The van der Waals surface area contributed by atoms with E-state index in [0.29, 0.717) is 19.4 Å². The first-order valence-corrected chi connectivity index (χ1v) is 6.59. The van der Waals surface area contributed by atoms with Gasteiger partial charge in [-0.2, -0.15) is 0 Å². The van der Waals surface area contributed by atoms with Crippen molar-refractivity contribution < 1.29 is 34.0 Å². The van der Waals surface area contributed by atoms with Crippen LogP contribution in [0.4, 0.5) is 4.79 Å². The molecule has 1 fully saturated rings. The maximum Gasteiger partial charge on any atom is 0.511 e. The van der Waals surface area contributed by atoms with Crippen LogP contribution in [0.1, 0.15) is 26.7 Å². The Balaban J connectivity index is 2.44. The molecule has 1 rings (SSSR count). The van der Waals surface area contributed by atoms with Crippen LogP contribution in [-0.2, 0) is 19.1 Å². The molecule has 10 nitrogen and oxygen atoms in total. The van der Waals surface area contributed by atoms with E-state index in [1.807, 2.05) is 0 Å². The van der Waals surface area contributed by atoms with Crippen LogP contribution in [0.15, 0.2) is 5.28 Å². The van der Waals surface area contributed by atoms with Gasteiger partial charge in [-0.05, 0) is 19.8 Å². The Kier molecular flexibility index (Phi) is 6.50. The molecule has 1 saturated heterocycles. The minimum Gasteiger partial charge on any atom is -0.569 e. The zero-order valence-corrected chi connectivity index (χ0v) is 11.9. The quantitative estimate of drug-likeness (QED) is 0.254. The number of piperidine rings is 1. The molecule has 0 aromatic carbocycles. The second-order valence-electron chi connectivity index (χ2n) is 4.40. The molecule has 0 amide bonds. The standard InChI is InChI=1S/C11H19N3O7/c1-3-19-11(17)20-8(2)21-12-14(18)13-6-4-5-9(7-13)10(15)16/h8-9H,3-7H2,1-2H3,(H,15,16). The topological polar surface area (TPSA) is 124 Å². The fourth-order valence-electron chi connectivity index (χ4n) is 1.78. The van der Waals surface area contributed by atoms with Crippen LogP contribution in [0.5, 0.6) is 0 Å². The van der Waals surface area contributed by atoms with Crippen molar-refractivity contribution in [2.24, 2.45) is 11.2 Å². The van der Waals surface area contributed by atoms with Crippen molar-refractivity contribution in [1.82, 2.24) is 5.01 Å². The molecule has 0 aromatic heterocycles. The number of carboxylic acids is 1. The number of aliphatic carboxylic acids is 1. The summed E-state index contributed by atoms with van der Waals surface area (Å²) in [6.07, 6.45) is -0.939. The molecular weight excluding hydrogens is 286 g/mol. The molecule has 1 aliphatic rings. The average molecular weight is 305 g/mol. The zero-order valence-electron chi connectivity index (χ0n) is 11.9. The van der Waals surface area contributed by atoms with Crippen LogP contribution in [0, 0.1) is 11.1 Å². The van der Waals surface area contributed by atoms with E-state index in [9.17, 15) is 14.8 Å². The van der Waals surface area contributed by atoms with Crippen molar-refractivity contribution in [3.63, 3.8) is 0 Å². The van der Waals surface area contributed by atoms with Gasteiger partial charge in [0.15, 0.2) is 0 Å². The smallest absolute Gasteiger partial charge is 0.511 e. The second kappa shape index (κ2) is 8.12. The summed E-state index contributed by atoms with van der Waals surface area (Å²) in [5.74, 6) is -1.56. The lowest BCUT2D eigenvalue weighted by Crippen LogP contribution is -2.42. The van der Waals surface area contributed by atoms with E-state index in [1.165, 1.54) is 11.9 Å². The first-order valence-electron chi connectivity index (χ1n) is 6.59. The summed E-state index contributed by atoms with van der Waals surface area (Å²) in [6.45, 7) is 3.57. The third-order valence-corrected chi connectivity index (χ3v) is 2.78. The van der Waals surface area contributed by atoms with Gasteiger partial charge in [0.1, 0.15) is 0 Å². The number of carboxylic acid groups (broad SMARTS) is 1. The minimum atomic E-state index is -1.10. The van der Waals surface area contributed by atoms with Gasteiger partial charge in [0, 0.05) is 6.92 Å². The number of nitrogens with zero attached hydrogens (tertiary/aromatic N) is 3. The van der Waals surface area contributed by atoms with Crippen molar-refractivity contribution in [1.29, 1.82) is 0 Å². The molecule has 0 bridgehead atoms. The Hall–Kier alpha value is -2.26. The largest absolute Gasteiger partial charge is 0.569 e. The van der Waals surface area contributed by atoms with Crippen LogP contribution < -0.4 is 0 Å². The Morgan fingerprint density at radius 3 is 2.90 bits per heavy atom. The van der Waals surface area contributed by atoms with Crippen molar-refractivity contribution in [3.05, 3.63) is 5.21 Å². The third-order valence-electron chi connectivity index (χ3n) is 2.78. The molecule has 0 radical (unpaired) electrons. The summed E-state index contributed by atoms with van der Waals surface area (Å²) in [6, 6.07) is 0. The predicted molar refractivity (Wildman–Crippen MR) is 66.6 cm³/mol. The molecule has 1 heterocycles. The van der Waals surface area contributed by atoms with Gasteiger partial charge in [-0.15, -0.1) is 5.01 Å². The highest BCUT2D eigenvalue weighted by Gasteiger charge is 2.30. The minimum absolute atomic E-state index is 0.0544. The fourth-order valence-corrected chi connectivity index (χ4v) is 1.78. The van der Waals surface area contributed by atoms with Gasteiger partial charge < -0.3 is 19.8 Å². The van der Waals surface area contributed by atoms with Gasteiger partial charge in [0.05, 0.1) is 30.6 Å². The monoisotopic (exact) mass is 305 g/mol. The van der Waals surface area contributed by atoms with Crippen LogP contribution in [0.2, 0.25) is 0 Å². The van der Waals surface area contributed by atoms with Gasteiger partial charge in [-0.3, -0.25) is 9.63 Å². The van der Waals surface area contributed by atoms with Crippen LogP contribution >= 0.6 is 0 Å². The predicted octanol–water partition coefficient (Wildman–Crippen LogP) is 1.11. The van der Waals surface area contributed by atoms with E-state index in [4.69, 9.17) is 9.94 Å². The summed E-state index contributed by atoms with van der Waals surface area (Å²) in [5.41, 5.74) is 0. The molecule has 2 unspecified atom stereocenters. The molecule has 0 aliphatic carbocycles. The van der Waals surface area contributed by atoms with Gasteiger partial charge in [-0.1, -0.05) is 0 Å². The maximum absolute atomic E-state index is 11.7. The molecule has 0 saturated carbocycles. The number of carbonyl (C=O) groups excluding carboxylic acids is 1. The number of rotatable bonds is 6. The maximum atomic E-state index is 11.7. The average Bonchev–Trinajstić information content (AvgIpc) is 2.45. The normalized spacial score (nSPS) is 20.6. The molecule has 21 heavy (non-hydrogen) atoms. The van der Waals surface area contributed by atoms with E-state index in [0.717, 1.165) is 0 Å². The number of carbonyl (C=O) groups is 2. The van der Waals surface area contributed by atoms with E-state index < -0.39 is 24.3 Å². The Labute approximate surface area is 121 Å². The van der Waals surface area contributed by atoms with Gasteiger partial charge in [-0.25, -0.2) is 4.79 Å². The molecule has 0 aromatic rings. The molecule has 10 heteroatoms. The third kappa shape index (κ3) is 5.71. The molecule has 2 atom stereocenters. The van der Waals surface area contributed by atoms with Crippen LogP contribution in [0.3, 0.4) is 0 Å². The fraction of sp³-hybridized carbons (Fsp3) is 0.818. The van der Waals surface area contributed by atoms with E-state index in [1.54, 1.807) is 6.92 Å².